The molecule has 0 heterocycles. The fourth-order valence-electron chi connectivity index (χ4n) is 3.80. The molecule has 1 atom stereocenters. The lowest BCUT2D eigenvalue weighted by atomic mass is 9.88. The first kappa shape index (κ1) is 33.5. The smallest absolute Gasteiger partial charge is 0.437 e. The van der Waals surface area contributed by atoms with Gasteiger partial charge in [0, 0.05) is 18.2 Å². The number of hydrogen-bond acceptors (Lipinski definition) is 7. The van der Waals surface area contributed by atoms with Crippen LogP contribution in [0.1, 0.15) is 73.3 Å². The Kier molecular flexibility index (Phi) is 10.1. The zero-order valence-corrected chi connectivity index (χ0v) is 26.9. The van der Waals surface area contributed by atoms with Crippen molar-refractivity contribution in [1.29, 1.82) is 0 Å². The van der Waals surface area contributed by atoms with Gasteiger partial charge in [0.05, 0.1) is 29.6 Å². The second-order valence-corrected chi connectivity index (χ2v) is 18.0. The molecule has 2 N–H and O–H groups in total. The fourth-order valence-corrected chi connectivity index (χ4v) is 5.87. The summed E-state index contributed by atoms with van der Waals surface area (Å²) in [5, 5.41) is 17.7. The number of hydrogen-bond donors (Lipinski definition) is 2. The SMILES string of the molecule is COC(=O)C[C@](C)(NC(=NC(=O)OC(C)(C)C)NCC1(O[Si](C)(C)C(C)(C)C)CC1)c1cccc([N+](=O)[O-])c1Cl. The molecule has 0 saturated heterocycles. The molecule has 13 heteroatoms. The number of rotatable bonds is 9. The van der Waals surface area contributed by atoms with E-state index in [-0.39, 0.29) is 33.7 Å². The van der Waals surface area contributed by atoms with Crippen LogP contribution in [-0.2, 0) is 24.2 Å². The summed E-state index contributed by atoms with van der Waals surface area (Å²) < 4.78 is 17.0. The number of esters is 1. The number of nitro groups is 1. The number of halogens is 1. The quantitative estimate of drug-likeness (QED) is 0.0867. The van der Waals surface area contributed by atoms with Crippen LogP contribution in [0, 0.1) is 10.1 Å². The van der Waals surface area contributed by atoms with Crippen molar-refractivity contribution in [3.8, 4) is 0 Å². The summed E-state index contributed by atoms with van der Waals surface area (Å²) in [5.74, 6) is -0.595. The van der Waals surface area contributed by atoms with Crippen LogP contribution in [0.3, 0.4) is 0 Å². The van der Waals surface area contributed by atoms with E-state index in [9.17, 15) is 19.7 Å². The van der Waals surface area contributed by atoms with Crippen LogP contribution in [-0.4, -0.2) is 56.1 Å². The molecule has 1 aromatic carbocycles. The molecule has 0 unspecified atom stereocenters. The van der Waals surface area contributed by atoms with E-state index >= 15 is 0 Å². The van der Waals surface area contributed by atoms with Gasteiger partial charge in [0.15, 0.2) is 8.32 Å². The number of carbonyl (C=O) groups is 2. The third kappa shape index (κ3) is 8.90. The third-order valence-electron chi connectivity index (χ3n) is 7.15. The molecule has 1 aliphatic rings. The van der Waals surface area contributed by atoms with Crippen molar-refractivity contribution >= 4 is 43.6 Å². The Labute approximate surface area is 242 Å². The minimum Gasteiger partial charge on any atom is -0.469 e. The number of methoxy groups -OCH3 is 1. The summed E-state index contributed by atoms with van der Waals surface area (Å²) in [6.07, 6.45) is 0.540. The first-order chi connectivity index (χ1) is 18.1. The molecule has 0 spiro atoms. The first-order valence-electron chi connectivity index (χ1n) is 13.2. The number of aliphatic imine (C=N–C) groups is 1. The minimum absolute atomic E-state index is 0.00609. The number of nitro benzene ring substituents is 1. The highest BCUT2D eigenvalue weighted by molar-refractivity contribution is 6.74. The van der Waals surface area contributed by atoms with E-state index < -0.39 is 42.0 Å². The molecule has 1 amide bonds. The highest BCUT2D eigenvalue weighted by Gasteiger charge is 2.51. The molecule has 0 aliphatic heterocycles. The second-order valence-electron chi connectivity index (χ2n) is 12.9. The molecule has 224 valence electrons. The van der Waals surface area contributed by atoms with Gasteiger partial charge in [-0.2, -0.15) is 0 Å². The lowest BCUT2D eigenvalue weighted by Crippen LogP contribution is -2.54. The van der Waals surface area contributed by atoms with Gasteiger partial charge in [-0.05, 0) is 58.7 Å². The Hall–Kier alpha value is -2.70. The lowest BCUT2D eigenvalue weighted by Gasteiger charge is -2.40. The van der Waals surface area contributed by atoms with Gasteiger partial charge >= 0.3 is 12.1 Å². The Balaban J connectivity index is 2.50. The second kappa shape index (κ2) is 12.0. The van der Waals surface area contributed by atoms with Gasteiger partial charge < -0.3 is 24.5 Å². The Morgan fingerprint density at radius 3 is 2.23 bits per heavy atom. The number of amides is 1. The summed E-state index contributed by atoms with van der Waals surface area (Å²) in [4.78, 5) is 40.4. The molecular formula is C27H43ClN4O7Si. The van der Waals surface area contributed by atoms with Gasteiger partial charge in [0.1, 0.15) is 10.6 Å². The number of benzene rings is 1. The number of nitrogens with one attached hydrogen (secondary N) is 2. The van der Waals surface area contributed by atoms with E-state index in [0.717, 1.165) is 12.8 Å². The van der Waals surface area contributed by atoms with Crippen LogP contribution in [0.15, 0.2) is 23.2 Å². The predicted molar refractivity (Wildman–Crippen MR) is 157 cm³/mol. The Bertz CT molecular complexity index is 1160. The summed E-state index contributed by atoms with van der Waals surface area (Å²) >= 11 is 6.46. The van der Waals surface area contributed by atoms with Crippen LogP contribution < -0.4 is 10.6 Å². The largest absolute Gasteiger partial charge is 0.469 e. The number of guanidine groups is 1. The van der Waals surface area contributed by atoms with Gasteiger partial charge in [0.2, 0.25) is 5.96 Å². The zero-order chi connectivity index (χ0) is 30.7. The zero-order valence-electron chi connectivity index (χ0n) is 25.2. The van der Waals surface area contributed by atoms with Crippen molar-refractivity contribution < 1.29 is 28.4 Å². The van der Waals surface area contributed by atoms with E-state index in [0.29, 0.717) is 6.54 Å². The molecule has 2 rings (SSSR count). The molecule has 1 saturated carbocycles. The van der Waals surface area contributed by atoms with E-state index in [2.05, 4.69) is 49.5 Å². The Morgan fingerprint density at radius 2 is 1.75 bits per heavy atom. The summed E-state index contributed by atoms with van der Waals surface area (Å²) in [7, 11) is -0.862. The molecule has 1 fully saturated rings. The van der Waals surface area contributed by atoms with Crippen molar-refractivity contribution in [1.82, 2.24) is 10.6 Å². The topological polar surface area (TPSA) is 141 Å². The van der Waals surface area contributed by atoms with Gasteiger partial charge in [0.25, 0.3) is 5.69 Å². The molecule has 0 aromatic heterocycles. The number of ether oxygens (including phenoxy) is 2. The van der Waals surface area contributed by atoms with Gasteiger partial charge in [-0.1, -0.05) is 44.5 Å². The molecule has 1 aromatic rings. The highest BCUT2D eigenvalue weighted by Crippen LogP contribution is 2.47. The van der Waals surface area contributed by atoms with Gasteiger partial charge in [-0.25, -0.2) is 4.79 Å². The van der Waals surface area contributed by atoms with Gasteiger partial charge in [-0.15, -0.1) is 4.99 Å². The first-order valence-corrected chi connectivity index (χ1v) is 16.5. The average Bonchev–Trinajstić information content (AvgIpc) is 3.54. The fraction of sp³-hybridized carbons (Fsp3) is 0.667. The maximum Gasteiger partial charge on any atom is 0.437 e. The molecule has 0 radical (unpaired) electrons. The molecule has 1 aliphatic carbocycles. The third-order valence-corrected chi connectivity index (χ3v) is 12.1. The van der Waals surface area contributed by atoms with Crippen LogP contribution in [0.25, 0.3) is 0 Å². The molecule has 40 heavy (non-hydrogen) atoms. The molecule has 11 nitrogen and oxygen atoms in total. The lowest BCUT2D eigenvalue weighted by molar-refractivity contribution is -0.384. The standard InChI is InChI=1S/C27H43ClN4O7Si/c1-24(2,3)38-23(34)30-22(29-17-27(14-15-27)39-40(9,10)25(4,5)6)31-26(7,16-20(33)37-8)18-12-11-13-19(21(18)28)32(35)36/h11-13H,14-17H2,1-10H3,(H2,29,30,31,34)/t26-/m0/s1. The van der Waals surface area contributed by atoms with Crippen molar-refractivity contribution in [2.24, 2.45) is 4.99 Å². The monoisotopic (exact) mass is 598 g/mol. The van der Waals surface area contributed by atoms with E-state index in [4.69, 9.17) is 25.5 Å². The Morgan fingerprint density at radius 1 is 1.15 bits per heavy atom. The number of carbonyl (C=O) groups excluding carboxylic acids is 2. The predicted octanol–water partition coefficient (Wildman–Crippen LogP) is 6.05. The van der Waals surface area contributed by atoms with E-state index in [1.165, 1.54) is 19.2 Å². The van der Waals surface area contributed by atoms with Crippen molar-refractivity contribution in [3.63, 3.8) is 0 Å². The summed E-state index contributed by atoms with van der Waals surface area (Å²) in [6.45, 7) is 18.0. The number of nitrogens with zero attached hydrogens (tertiary/aromatic N) is 2. The maximum atomic E-state index is 12.8. The molecule has 0 bridgehead atoms. The van der Waals surface area contributed by atoms with Crippen LogP contribution in [0.5, 0.6) is 0 Å². The normalized spacial score (nSPS) is 16.9. The van der Waals surface area contributed by atoms with Crippen LogP contribution >= 0.6 is 11.6 Å². The maximum absolute atomic E-state index is 12.8. The summed E-state index contributed by atoms with van der Waals surface area (Å²) in [6, 6.07) is 4.31. The van der Waals surface area contributed by atoms with E-state index in [1.54, 1.807) is 33.8 Å². The minimum atomic E-state index is -2.10. The van der Waals surface area contributed by atoms with Crippen LogP contribution in [0.4, 0.5) is 10.5 Å². The van der Waals surface area contributed by atoms with Gasteiger partial charge in [-0.3, -0.25) is 14.9 Å². The highest BCUT2D eigenvalue weighted by atomic mass is 35.5. The average molecular weight is 599 g/mol. The van der Waals surface area contributed by atoms with Crippen molar-refractivity contribution in [2.75, 3.05) is 13.7 Å². The summed E-state index contributed by atoms with van der Waals surface area (Å²) in [5.41, 5.74) is -2.66. The van der Waals surface area contributed by atoms with E-state index in [1.807, 2.05) is 0 Å². The van der Waals surface area contributed by atoms with Crippen molar-refractivity contribution in [3.05, 3.63) is 38.9 Å². The van der Waals surface area contributed by atoms with Crippen molar-refractivity contribution in [2.45, 2.75) is 103 Å². The van der Waals surface area contributed by atoms with Crippen LogP contribution in [0.2, 0.25) is 23.2 Å². The molecular weight excluding hydrogens is 556 g/mol.